The summed E-state index contributed by atoms with van der Waals surface area (Å²) >= 11 is 4.11. The molecule has 0 heterocycles. The first kappa shape index (κ1) is 28.2. The molecule has 0 atom stereocenters. The van der Waals surface area contributed by atoms with Gasteiger partial charge < -0.3 is 4.74 Å². The lowest BCUT2D eigenvalue weighted by molar-refractivity contribution is 0.339. The number of hydrogen-bond donors (Lipinski definition) is 1. The largest absolute Gasteiger partial charge is 0.497 e. The van der Waals surface area contributed by atoms with Gasteiger partial charge in [0.1, 0.15) is 27.7 Å². The van der Waals surface area contributed by atoms with E-state index in [2.05, 4.69) is 27.2 Å². The molecule has 0 radical (unpaired) electrons. The molecule has 11 nitrogen and oxygen atoms in total. The Balaban J connectivity index is 1.84. The summed E-state index contributed by atoms with van der Waals surface area (Å²) < 4.78 is 64.1. The van der Waals surface area contributed by atoms with Gasteiger partial charge in [0.2, 0.25) is 0 Å². The number of nitriles is 2. The Morgan fingerprint density at radius 2 is 1.24 bits per heavy atom. The molecule has 0 spiro atoms. The van der Waals surface area contributed by atoms with Crippen molar-refractivity contribution in [1.29, 1.82) is 10.5 Å². The van der Waals surface area contributed by atoms with Crippen LogP contribution in [0.15, 0.2) is 92.9 Å². The molecular formula is C24H18N4O7S3. The second-order valence-electron chi connectivity index (χ2n) is 7.22. The van der Waals surface area contributed by atoms with Crippen LogP contribution in [0.25, 0.3) is 0 Å². The molecule has 0 saturated heterocycles. The van der Waals surface area contributed by atoms with Crippen LogP contribution in [0.5, 0.6) is 5.75 Å². The lowest BCUT2D eigenvalue weighted by Gasteiger charge is -2.05. The molecule has 3 aromatic rings. The summed E-state index contributed by atoms with van der Waals surface area (Å²) in [6, 6.07) is 20.0. The third-order valence-corrected chi connectivity index (χ3v) is 7.42. The SMILES string of the molecule is COc1ccc(S(=O)(=O)ON=C(C#N)c2cccc(C(C#N)=NOS(=O)(=O)c3ccc(CS)cc3)c2)cc1. The molecule has 0 aliphatic carbocycles. The number of thiol groups is 1. The maximum absolute atomic E-state index is 12.4. The molecule has 0 N–H and O–H groups in total. The third-order valence-electron chi connectivity index (χ3n) is 4.82. The highest BCUT2D eigenvalue weighted by Gasteiger charge is 2.19. The summed E-state index contributed by atoms with van der Waals surface area (Å²) in [5.41, 5.74) is 0.0845. The molecule has 0 aliphatic heterocycles. The quantitative estimate of drug-likeness (QED) is 0.218. The van der Waals surface area contributed by atoms with Crippen molar-refractivity contribution in [3.63, 3.8) is 0 Å². The Kier molecular flexibility index (Phi) is 9.09. The second-order valence-corrected chi connectivity index (χ2v) is 10.6. The summed E-state index contributed by atoms with van der Waals surface area (Å²) in [6.45, 7) is 0. The fraction of sp³-hybridized carbons (Fsp3) is 0.0833. The number of ether oxygens (including phenoxy) is 1. The summed E-state index contributed by atoms with van der Waals surface area (Å²) in [7, 11) is -7.24. The number of methoxy groups -OCH3 is 1. The van der Waals surface area contributed by atoms with E-state index in [1.54, 1.807) is 24.3 Å². The van der Waals surface area contributed by atoms with Crippen LogP contribution >= 0.6 is 12.6 Å². The normalized spacial score (nSPS) is 12.2. The van der Waals surface area contributed by atoms with Gasteiger partial charge in [0.25, 0.3) is 0 Å². The van der Waals surface area contributed by atoms with Crippen LogP contribution in [0.3, 0.4) is 0 Å². The van der Waals surface area contributed by atoms with Crippen LogP contribution in [-0.4, -0.2) is 35.4 Å². The zero-order valence-electron chi connectivity index (χ0n) is 19.5. The standard InChI is InChI=1S/C24H18N4O7S3/c1-33-20-7-11-22(12-8-20)38(31,32)35-28-24(15-26)19-4-2-3-18(13-19)23(14-25)27-34-37(29,30)21-9-5-17(16-36)6-10-21/h2-13,36H,16H2,1H3. The minimum atomic E-state index is -4.35. The molecule has 0 aromatic heterocycles. The van der Waals surface area contributed by atoms with E-state index in [1.165, 1.54) is 67.8 Å². The lowest BCUT2D eigenvalue weighted by Crippen LogP contribution is -2.08. The first-order valence-corrected chi connectivity index (χ1v) is 13.9. The van der Waals surface area contributed by atoms with Crippen molar-refractivity contribution in [2.75, 3.05) is 7.11 Å². The maximum atomic E-state index is 12.4. The Morgan fingerprint density at radius 1 is 0.789 bits per heavy atom. The van der Waals surface area contributed by atoms with Gasteiger partial charge in [0.15, 0.2) is 11.4 Å². The number of hydrogen-bond acceptors (Lipinski definition) is 12. The van der Waals surface area contributed by atoms with E-state index in [0.717, 1.165) is 5.56 Å². The van der Waals surface area contributed by atoms with Crippen molar-refractivity contribution >= 4 is 44.3 Å². The van der Waals surface area contributed by atoms with Crippen LogP contribution in [0.2, 0.25) is 0 Å². The van der Waals surface area contributed by atoms with Crippen LogP contribution in [-0.2, 0) is 34.6 Å². The number of oxime groups is 2. The lowest BCUT2D eigenvalue weighted by atomic mass is 10.0. The Bertz CT molecular complexity index is 1550. The van der Waals surface area contributed by atoms with E-state index in [1.807, 2.05) is 0 Å². The topological polar surface area (TPSA) is 168 Å². The van der Waals surface area contributed by atoms with E-state index in [-0.39, 0.29) is 20.9 Å². The van der Waals surface area contributed by atoms with Crippen LogP contribution in [0, 0.1) is 22.7 Å². The highest BCUT2D eigenvalue weighted by atomic mass is 32.2. The summed E-state index contributed by atoms with van der Waals surface area (Å²) in [4.78, 5) is -0.391. The van der Waals surface area contributed by atoms with E-state index in [4.69, 9.17) is 9.02 Å². The molecule has 3 aromatic carbocycles. The summed E-state index contributed by atoms with van der Waals surface area (Å²) in [6.07, 6.45) is 0. The predicted octanol–water partition coefficient (Wildman–Crippen LogP) is 3.39. The van der Waals surface area contributed by atoms with Crippen LogP contribution < -0.4 is 4.74 Å². The van der Waals surface area contributed by atoms with E-state index in [9.17, 15) is 27.4 Å². The second kappa shape index (κ2) is 12.2. The molecule has 3 rings (SSSR count). The molecule has 14 heteroatoms. The molecule has 0 aliphatic rings. The van der Waals surface area contributed by atoms with Crippen LogP contribution in [0.1, 0.15) is 16.7 Å². The van der Waals surface area contributed by atoms with Crippen molar-refractivity contribution in [3.05, 3.63) is 89.5 Å². The molecule has 0 bridgehead atoms. The van der Waals surface area contributed by atoms with Gasteiger partial charge in [0.05, 0.1) is 7.11 Å². The van der Waals surface area contributed by atoms with E-state index >= 15 is 0 Å². The van der Waals surface area contributed by atoms with Gasteiger partial charge in [0, 0.05) is 16.9 Å². The smallest absolute Gasteiger partial charge is 0.358 e. The van der Waals surface area contributed by atoms with Crippen LogP contribution in [0.4, 0.5) is 0 Å². The molecule has 194 valence electrons. The molecule has 0 amide bonds. The molecule has 0 fully saturated rings. The van der Waals surface area contributed by atoms with E-state index < -0.39 is 31.7 Å². The highest BCUT2D eigenvalue weighted by Crippen LogP contribution is 2.19. The van der Waals surface area contributed by atoms with Gasteiger partial charge in [-0.3, -0.25) is 8.57 Å². The first-order valence-electron chi connectivity index (χ1n) is 10.4. The molecular weight excluding hydrogens is 552 g/mol. The average Bonchev–Trinajstić information content (AvgIpc) is 2.94. The zero-order chi connectivity index (χ0) is 27.8. The Labute approximate surface area is 224 Å². The monoisotopic (exact) mass is 570 g/mol. The van der Waals surface area contributed by atoms with Gasteiger partial charge in [-0.1, -0.05) is 40.6 Å². The summed E-state index contributed by atoms with van der Waals surface area (Å²) in [5.74, 6) is 0.848. The van der Waals surface area contributed by atoms with Gasteiger partial charge in [-0.05, 0) is 48.0 Å². The highest BCUT2D eigenvalue weighted by molar-refractivity contribution is 7.87. The fourth-order valence-electron chi connectivity index (χ4n) is 2.85. The predicted molar refractivity (Wildman–Crippen MR) is 139 cm³/mol. The van der Waals surface area contributed by atoms with Crippen molar-refractivity contribution in [1.82, 2.24) is 0 Å². The van der Waals surface area contributed by atoms with Crippen molar-refractivity contribution in [3.8, 4) is 17.9 Å². The summed E-state index contributed by atoms with van der Waals surface area (Å²) in [5, 5.41) is 25.9. The Morgan fingerprint density at radius 3 is 1.63 bits per heavy atom. The number of rotatable bonds is 10. The maximum Gasteiger partial charge on any atom is 0.358 e. The first-order chi connectivity index (χ1) is 18.1. The third kappa shape index (κ3) is 6.89. The van der Waals surface area contributed by atoms with Crippen molar-refractivity contribution in [2.24, 2.45) is 10.3 Å². The van der Waals surface area contributed by atoms with Crippen molar-refractivity contribution < 1.29 is 30.1 Å². The minimum absolute atomic E-state index is 0.0723. The minimum Gasteiger partial charge on any atom is -0.497 e. The zero-order valence-corrected chi connectivity index (χ0v) is 22.1. The van der Waals surface area contributed by atoms with E-state index in [0.29, 0.717) is 11.5 Å². The molecule has 0 unspecified atom stereocenters. The molecule has 0 saturated carbocycles. The van der Waals surface area contributed by atoms with Gasteiger partial charge in [-0.25, -0.2) is 0 Å². The van der Waals surface area contributed by atoms with Gasteiger partial charge in [-0.2, -0.15) is 40.0 Å². The van der Waals surface area contributed by atoms with Gasteiger partial charge >= 0.3 is 20.2 Å². The Hall–Kier alpha value is -4.37. The van der Waals surface area contributed by atoms with Crippen molar-refractivity contribution in [2.45, 2.75) is 15.5 Å². The average molecular weight is 571 g/mol. The fourth-order valence-corrected chi connectivity index (χ4v) is 4.52. The molecule has 38 heavy (non-hydrogen) atoms. The van der Waals surface area contributed by atoms with Gasteiger partial charge in [-0.15, -0.1) is 0 Å². The number of nitrogens with zero attached hydrogens (tertiary/aromatic N) is 4. The number of benzene rings is 3.